The van der Waals surface area contributed by atoms with Crippen molar-refractivity contribution in [1.29, 1.82) is 0 Å². The van der Waals surface area contributed by atoms with E-state index in [1.807, 2.05) is 0 Å². The van der Waals surface area contributed by atoms with Gasteiger partial charge in [0.1, 0.15) is 0 Å². The lowest BCUT2D eigenvalue weighted by Gasteiger charge is -2.14. The maximum Gasteiger partial charge on any atom is 0.228 e. The number of halogens is 1. The predicted octanol–water partition coefficient (Wildman–Crippen LogP) is 0.944. The molecule has 2 atom stereocenters. The highest BCUT2D eigenvalue weighted by Crippen LogP contribution is 2.20. The summed E-state index contributed by atoms with van der Waals surface area (Å²) >= 11 is 5.67. The van der Waals surface area contributed by atoms with Crippen LogP contribution in [0.4, 0.5) is 11.9 Å². The van der Waals surface area contributed by atoms with Crippen LogP contribution < -0.4 is 11.1 Å². The number of hydrogen-bond acceptors (Lipinski definition) is 6. The summed E-state index contributed by atoms with van der Waals surface area (Å²) in [6.45, 7) is 3.63. The zero-order valence-corrected chi connectivity index (χ0v) is 9.74. The number of nitrogen functional groups attached to an aromatic ring is 1. The van der Waals surface area contributed by atoms with E-state index in [9.17, 15) is 0 Å². The van der Waals surface area contributed by atoms with E-state index < -0.39 is 0 Å². The Morgan fingerprint density at radius 1 is 1.50 bits per heavy atom. The molecule has 0 amide bonds. The van der Waals surface area contributed by atoms with Crippen LogP contribution in [-0.2, 0) is 4.74 Å². The van der Waals surface area contributed by atoms with E-state index in [0.717, 1.165) is 19.6 Å². The summed E-state index contributed by atoms with van der Waals surface area (Å²) in [4.78, 5) is 11.6. The van der Waals surface area contributed by atoms with Crippen LogP contribution in [0, 0.1) is 5.92 Å². The number of nitrogens with one attached hydrogen (secondary N) is 1. The van der Waals surface area contributed by atoms with Gasteiger partial charge in [0.15, 0.2) is 0 Å². The average molecular weight is 244 g/mol. The fourth-order valence-corrected chi connectivity index (χ4v) is 1.88. The van der Waals surface area contributed by atoms with Crippen LogP contribution in [0.15, 0.2) is 0 Å². The molecule has 0 saturated carbocycles. The number of nitrogens with two attached hydrogens (primary N) is 1. The minimum absolute atomic E-state index is 0.103. The molecule has 6 nitrogen and oxygen atoms in total. The smallest absolute Gasteiger partial charge is 0.228 e. The molecule has 0 spiro atoms. The number of anilines is 2. The van der Waals surface area contributed by atoms with E-state index in [0.29, 0.717) is 11.9 Å². The van der Waals surface area contributed by atoms with Gasteiger partial charge < -0.3 is 15.8 Å². The molecule has 0 bridgehead atoms. The van der Waals surface area contributed by atoms with Gasteiger partial charge >= 0.3 is 0 Å². The highest BCUT2D eigenvalue weighted by molar-refractivity contribution is 6.28. The normalized spacial score (nSPS) is 24.6. The van der Waals surface area contributed by atoms with E-state index in [2.05, 4.69) is 27.2 Å². The zero-order chi connectivity index (χ0) is 11.5. The molecule has 2 heterocycles. The molecule has 0 aliphatic carbocycles. The van der Waals surface area contributed by atoms with Crippen LogP contribution in [0.1, 0.15) is 13.3 Å². The molecule has 0 radical (unpaired) electrons. The maximum absolute atomic E-state index is 5.67. The van der Waals surface area contributed by atoms with Crippen LogP contribution >= 0.6 is 11.6 Å². The lowest BCUT2D eigenvalue weighted by atomic mass is 10.0. The molecule has 1 aliphatic rings. The molecule has 2 unspecified atom stereocenters. The molecule has 1 aliphatic heterocycles. The number of ether oxygens (including phenoxy) is 1. The zero-order valence-electron chi connectivity index (χ0n) is 8.98. The largest absolute Gasteiger partial charge is 0.378 e. The van der Waals surface area contributed by atoms with Gasteiger partial charge in [0.25, 0.3) is 0 Å². The molecular weight excluding hydrogens is 230 g/mol. The molecule has 2 rings (SSSR count). The number of rotatable bonds is 3. The van der Waals surface area contributed by atoms with Gasteiger partial charge in [-0.2, -0.15) is 15.0 Å². The summed E-state index contributed by atoms with van der Waals surface area (Å²) in [7, 11) is 0. The summed E-state index contributed by atoms with van der Waals surface area (Å²) in [5.41, 5.74) is 5.46. The summed E-state index contributed by atoms with van der Waals surface area (Å²) in [5.74, 6) is 1.01. The van der Waals surface area contributed by atoms with Gasteiger partial charge in [-0.25, -0.2) is 0 Å². The fraction of sp³-hybridized carbons (Fsp3) is 0.667. The monoisotopic (exact) mass is 243 g/mol. The maximum atomic E-state index is 5.67. The first-order chi connectivity index (χ1) is 7.65. The summed E-state index contributed by atoms with van der Waals surface area (Å²) in [6.07, 6.45) is 1.31. The summed E-state index contributed by atoms with van der Waals surface area (Å²) in [6, 6.07) is 0. The SMILES string of the molecule is CC1OCCC1CNc1nc(N)nc(Cl)n1. The molecule has 1 fully saturated rings. The summed E-state index contributed by atoms with van der Waals surface area (Å²) in [5, 5.41) is 3.19. The molecule has 1 aromatic heterocycles. The third kappa shape index (κ3) is 2.70. The highest BCUT2D eigenvalue weighted by atomic mass is 35.5. The Hall–Kier alpha value is -1.14. The van der Waals surface area contributed by atoms with Crippen LogP contribution in [0.3, 0.4) is 0 Å². The highest BCUT2D eigenvalue weighted by Gasteiger charge is 2.24. The van der Waals surface area contributed by atoms with Crippen molar-refractivity contribution < 1.29 is 4.74 Å². The van der Waals surface area contributed by atoms with Crippen molar-refractivity contribution in [2.24, 2.45) is 5.92 Å². The van der Waals surface area contributed by atoms with Crippen LogP contribution in [0.25, 0.3) is 0 Å². The van der Waals surface area contributed by atoms with Gasteiger partial charge in [0.05, 0.1) is 6.10 Å². The summed E-state index contributed by atoms with van der Waals surface area (Å²) < 4.78 is 5.46. The van der Waals surface area contributed by atoms with Gasteiger partial charge in [-0.1, -0.05) is 0 Å². The molecular formula is C9H14ClN5O. The van der Waals surface area contributed by atoms with Crippen molar-refractivity contribution in [2.75, 3.05) is 24.2 Å². The Morgan fingerprint density at radius 2 is 2.31 bits per heavy atom. The second-order valence-corrected chi connectivity index (χ2v) is 4.13. The topological polar surface area (TPSA) is 86.0 Å². The first kappa shape index (κ1) is 11.3. The lowest BCUT2D eigenvalue weighted by molar-refractivity contribution is 0.108. The van der Waals surface area contributed by atoms with E-state index >= 15 is 0 Å². The average Bonchev–Trinajstić information content (AvgIpc) is 2.59. The molecule has 3 N–H and O–H groups in total. The third-order valence-electron chi connectivity index (χ3n) is 2.68. The van der Waals surface area contributed by atoms with Gasteiger partial charge in [-0.3, -0.25) is 0 Å². The van der Waals surface area contributed by atoms with E-state index in [1.165, 1.54) is 0 Å². The minimum Gasteiger partial charge on any atom is -0.378 e. The standard InChI is InChI=1S/C9H14ClN5O/c1-5-6(2-3-16-5)4-12-9-14-7(10)13-8(11)15-9/h5-6H,2-4H2,1H3,(H3,11,12,13,14,15). The van der Waals surface area contributed by atoms with Gasteiger partial charge in [0, 0.05) is 19.1 Å². The predicted molar refractivity (Wildman–Crippen MR) is 61.3 cm³/mol. The minimum atomic E-state index is 0.103. The van der Waals surface area contributed by atoms with Crippen molar-refractivity contribution in [3.05, 3.63) is 5.28 Å². The Labute approximate surface area is 98.6 Å². The molecule has 7 heteroatoms. The second kappa shape index (κ2) is 4.80. The van der Waals surface area contributed by atoms with Crippen molar-refractivity contribution in [1.82, 2.24) is 15.0 Å². The van der Waals surface area contributed by atoms with Gasteiger partial charge in [0.2, 0.25) is 17.2 Å². The van der Waals surface area contributed by atoms with Crippen molar-refractivity contribution in [3.63, 3.8) is 0 Å². The Kier molecular flexibility index (Phi) is 3.40. The van der Waals surface area contributed by atoms with Gasteiger partial charge in [-0.15, -0.1) is 0 Å². The fourth-order valence-electron chi connectivity index (χ4n) is 1.71. The molecule has 16 heavy (non-hydrogen) atoms. The Morgan fingerprint density at radius 3 is 2.94 bits per heavy atom. The third-order valence-corrected chi connectivity index (χ3v) is 2.85. The van der Waals surface area contributed by atoms with Crippen LogP contribution in [-0.4, -0.2) is 34.2 Å². The van der Waals surface area contributed by atoms with Gasteiger partial charge in [-0.05, 0) is 24.9 Å². The molecule has 0 aromatic carbocycles. The first-order valence-electron chi connectivity index (χ1n) is 5.17. The quantitative estimate of drug-likeness (QED) is 0.822. The number of hydrogen-bond donors (Lipinski definition) is 2. The lowest BCUT2D eigenvalue weighted by Crippen LogP contribution is -2.21. The van der Waals surface area contributed by atoms with E-state index in [1.54, 1.807) is 0 Å². The van der Waals surface area contributed by atoms with Crippen LogP contribution in [0.2, 0.25) is 5.28 Å². The number of nitrogens with zero attached hydrogens (tertiary/aromatic N) is 3. The first-order valence-corrected chi connectivity index (χ1v) is 5.55. The van der Waals surface area contributed by atoms with Crippen molar-refractivity contribution >= 4 is 23.5 Å². The Bertz CT molecular complexity index is 355. The molecule has 1 aromatic rings. The van der Waals surface area contributed by atoms with Crippen LogP contribution in [0.5, 0.6) is 0 Å². The van der Waals surface area contributed by atoms with E-state index in [-0.39, 0.29) is 17.3 Å². The Balaban J connectivity index is 1.94. The van der Waals surface area contributed by atoms with Crippen molar-refractivity contribution in [3.8, 4) is 0 Å². The second-order valence-electron chi connectivity index (χ2n) is 3.79. The van der Waals surface area contributed by atoms with E-state index in [4.69, 9.17) is 22.1 Å². The molecule has 88 valence electrons. The van der Waals surface area contributed by atoms with Crippen molar-refractivity contribution in [2.45, 2.75) is 19.4 Å². The molecule has 1 saturated heterocycles. The number of aromatic nitrogens is 3.